The predicted molar refractivity (Wildman–Crippen MR) is 97.0 cm³/mol. The van der Waals surface area contributed by atoms with E-state index in [4.69, 9.17) is 14.6 Å². The van der Waals surface area contributed by atoms with Crippen LogP contribution in [-0.4, -0.2) is 62.2 Å². The first kappa shape index (κ1) is 20.1. The number of aliphatic hydroxyl groups excluding tert-OH is 3. The molecule has 1 saturated heterocycles. The number of rotatable bonds is 5. The number of aliphatic hydroxyl groups is 3. The lowest BCUT2D eigenvalue weighted by Crippen LogP contribution is -2.61. The van der Waals surface area contributed by atoms with Gasteiger partial charge in [-0.05, 0) is 35.4 Å². The van der Waals surface area contributed by atoms with Crippen molar-refractivity contribution in [3.05, 3.63) is 59.7 Å². The molecule has 0 aromatic heterocycles. The topological polar surface area (TPSA) is 137 Å². The van der Waals surface area contributed by atoms with Crippen molar-refractivity contribution in [3.8, 4) is 11.5 Å². The molecule has 1 heterocycles. The van der Waals surface area contributed by atoms with Gasteiger partial charge in [0.05, 0.1) is 0 Å². The highest BCUT2D eigenvalue weighted by atomic mass is 16.7. The number of hydrogen-bond donors (Lipinski definition) is 5. The number of carbonyl (C=O) groups is 1. The highest BCUT2D eigenvalue weighted by Gasteiger charge is 2.48. The van der Waals surface area contributed by atoms with Crippen LogP contribution >= 0.6 is 0 Å². The van der Waals surface area contributed by atoms with Crippen LogP contribution in [0.4, 0.5) is 0 Å². The van der Waals surface area contributed by atoms with Crippen molar-refractivity contribution >= 4 is 5.97 Å². The zero-order valence-electron chi connectivity index (χ0n) is 15.0. The number of aliphatic carboxylic acids is 1. The number of hydrogen-bond acceptors (Lipinski definition) is 7. The van der Waals surface area contributed by atoms with Crippen molar-refractivity contribution in [2.24, 2.45) is 0 Å². The van der Waals surface area contributed by atoms with E-state index in [-0.39, 0.29) is 11.7 Å². The van der Waals surface area contributed by atoms with E-state index in [0.717, 1.165) is 11.1 Å². The molecule has 150 valence electrons. The van der Waals surface area contributed by atoms with Gasteiger partial charge in [0, 0.05) is 5.92 Å². The van der Waals surface area contributed by atoms with Gasteiger partial charge in [-0.2, -0.15) is 0 Å². The molecule has 28 heavy (non-hydrogen) atoms. The molecule has 0 amide bonds. The molecular weight excluding hydrogens is 368 g/mol. The molecule has 8 nitrogen and oxygen atoms in total. The summed E-state index contributed by atoms with van der Waals surface area (Å²) in [6.07, 6.45) is -8.24. The Bertz CT molecular complexity index is 804. The SMILES string of the molecule is CC(c1ccc(O)cc1)c1ccc(O[C@@H]2O[C@H](C(=O)O)[C@@H](O)[C@H](O)[C@H]2O)cc1. The molecule has 0 bridgehead atoms. The van der Waals surface area contributed by atoms with Gasteiger partial charge >= 0.3 is 5.97 Å². The molecule has 0 radical (unpaired) electrons. The van der Waals surface area contributed by atoms with Crippen molar-refractivity contribution in [2.75, 3.05) is 0 Å². The molecule has 3 rings (SSSR count). The average Bonchev–Trinajstić information content (AvgIpc) is 2.68. The number of ether oxygens (including phenoxy) is 2. The van der Waals surface area contributed by atoms with Crippen LogP contribution in [0.3, 0.4) is 0 Å². The van der Waals surface area contributed by atoms with Crippen molar-refractivity contribution in [1.82, 2.24) is 0 Å². The minimum atomic E-state index is -1.76. The molecule has 8 heteroatoms. The summed E-state index contributed by atoms with van der Waals surface area (Å²) in [4.78, 5) is 11.1. The van der Waals surface area contributed by atoms with Crippen LogP contribution in [0.15, 0.2) is 48.5 Å². The van der Waals surface area contributed by atoms with Crippen molar-refractivity contribution in [1.29, 1.82) is 0 Å². The highest BCUT2D eigenvalue weighted by Crippen LogP contribution is 2.29. The summed E-state index contributed by atoms with van der Waals surface area (Å²) in [5.41, 5.74) is 1.99. The molecule has 1 unspecified atom stereocenters. The first-order valence-electron chi connectivity index (χ1n) is 8.76. The Morgan fingerprint density at radius 1 is 0.929 bits per heavy atom. The van der Waals surface area contributed by atoms with Crippen molar-refractivity contribution in [3.63, 3.8) is 0 Å². The van der Waals surface area contributed by atoms with Gasteiger partial charge in [-0.1, -0.05) is 31.2 Å². The normalized spacial score (nSPS) is 28.5. The second kappa shape index (κ2) is 8.15. The van der Waals surface area contributed by atoms with Gasteiger partial charge in [0.15, 0.2) is 6.10 Å². The standard InChI is InChI=1S/C20H22O8/c1-10(11-2-6-13(21)7-3-11)12-4-8-14(9-5-12)27-20-17(24)15(22)16(23)18(28-20)19(25)26/h2-10,15-18,20-24H,1H3,(H,25,26)/t10?,15-,16-,17+,18-,20+/m0/s1. The summed E-state index contributed by atoms with van der Waals surface area (Å²) in [5.74, 6) is -0.916. The lowest BCUT2D eigenvalue weighted by atomic mass is 9.93. The third kappa shape index (κ3) is 4.10. The fourth-order valence-electron chi connectivity index (χ4n) is 3.07. The van der Waals surface area contributed by atoms with E-state index in [9.17, 15) is 25.2 Å². The van der Waals surface area contributed by atoms with E-state index in [1.807, 2.05) is 31.2 Å². The van der Waals surface area contributed by atoms with Crippen molar-refractivity contribution < 1.29 is 39.8 Å². The molecule has 1 fully saturated rings. The van der Waals surface area contributed by atoms with E-state index < -0.39 is 36.7 Å². The average molecular weight is 390 g/mol. The van der Waals surface area contributed by atoms with E-state index >= 15 is 0 Å². The number of aromatic hydroxyl groups is 1. The molecule has 2 aromatic rings. The minimum absolute atomic E-state index is 0.0551. The maximum absolute atomic E-state index is 11.1. The van der Waals surface area contributed by atoms with Gasteiger partial charge < -0.3 is 35.0 Å². The zero-order chi connectivity index (χ0) is 20.4. The minimum Gasteiger partial charge on any atom is -0.508 e. The number of phenolic OH excluding ortho intramolecular Hbond substituents is 1. The third-order valence-corrected chi connectivity index (χ3v) is 4.84. The Balaban J connectivity index is 1.71. The van der Waals surface area contributed by atoms with Crippen LogP contribution in [0.5, 0.6) is 11.5 Å². The van der Waals surface area contributed by atoms with E-state index in [1.165, 1.54) is 0 Å². The second-order valence-electron chi connectivity index (χ2n) is 6.74. The van der Waals surface area contributed by atoms with Crippen LogP contribution in [0.25, 0.3) is 0 Å². The lowest BCUT2D eigenvalue weighted by molar-refractivity contribution is -0.271. The van der Waals surface area contributed by atoms with Gasteiger partial charge in [0.25, 0.3) is 0 Å². The number of carboxylic acid groups (broad SMARTS) is 1. The summed E-state index contributed by atoms with van der Waals surface area (Å²) < 4.78 is 10.6. The monoisotopic (exact) mass is 390 g/mol. The van der Waals surface area contributed by atoms with Gasteiger partial charge in [-0.3, -0.25) is 0 Å². The summed E-state index contributed by atoms with van der Waals surface area (Å²) >= 11 is 0. The Morgan fingerprint density at radius 2 is 1.46 bits per heavy atom. The maximum Gasteiger partial charge on any atom is 0.335 e. The fourth-order valence-corrected chi connectivity index (χ4v) is 3.07. The Hall–Kier alpha value is -2.65. The van der Waals surface area contributed by atoms with Crippen LogP contribution in [-0.2, 0) is 9.53 Å². The summed E-state index contributed by atoms with van der Waals surface area (Å²) in [6, 6.07) is 13.8. The molecule has 1 aliphatic rings. The van der Waals surface area contributed by atoms with Crippen LogP contribution in [0, 0.1) is 0 Å². The molecule has 2 aromatic carbocycles. The predicted octanol–water partition coefficient (Wildman–Crippen LogP) is 0.815. The highest BCUT2D eigenvalue weighted by molar-refractivity contribution is 5.73. The molecule has 0 saturated carbocycles. The molecule has 6 atom stereocenters. The molecule has 0 aliphatic carbocycles. The van der Waals surface area contributed by atoms with Crippen LogP contribution in [0.1, 0.15) is 24.0 Å². The first-order chi connectivity index (χ1) is 13.3. The number of benzene rings is 2. The maximum atomic E-state index is 11.1. The van der Waals surface area contributed by atoms with E-state index in [2.05, 4.69) is 0 Å². The van der Waals surface area contributed by atoms with E-state index in [1.54, 1.807) is 24.3 Å². The summed E-state index contributed by atoms with van der Waals surface area (Å²) in [7, 11) is 0. The van der Waals surface area contributed by atoms with E-state index in [0.29, 0.717) is 5.75 Å². The van der Waals surface area contributed by atoms with Crippen LogP contribution in [0.2, 0.25) is 0 Å². The molecule has 5 N–H and O–H groups in total. The van der Waals surface area contributed by atoms with Gasteiger partial charge in [-0.25, -0.2) is 4.79 Å². The Kier molecular flexibility index (Phi) is 5.85. The van der Waals surface area contributed by atoms with Gasteiger partial charge in [0.1, 0.15) is 29.8 Å². The van der Waals surface area contributed by atoms with Gasteiger partial charge in [0.2, 0.25) is 6.29 Å². The Labute approximate surface area is 161 Å². The zero-order valence-corrected chi connectivity index (χ0v) is 15.0. The summed E-state index contributed by atoms with van der Waals surface area (Å²) in [5, 5.41) is 48.0. The van der Waals surface area contributed by atoms with Crippen LogP contribution < -0.4 is 4.74 Å². The smallest absolute Gasteiger partial charge is 0.335 e. The Morgan fingerprint density at radius 3 is 2.00 bits per heavy atom. The fraction of sp³-hybridized carbons (Fsp3) is 0.350. The number of carboxylic acids is 1. The molecule has 0 spiro atoms. The third-order valence-electron chi connectivity index (χ3n) is 4.84. The molecule has 1 aliphatic heterocycles. The largest absolute Gasteiger partial charge is 0.508 e. The molecular formula is C20H22O8. The van der Waals surface area contributed by atoms with Gasteiger partial charge in [-0.15, -0.1) is 0 Å². The number of phenols is 1. The first-order valence-corrected chi connectivity index (χ1v) is 8.76. The summed E-state index contributed by atoms with van der Waals surface area (Å²) in [6.45, 7) is 2.01. The quantitative estimate of drug-likeness (QED) is 0.506. The second-order valence-corrected chi connectivity index (χ2v) is 6.74. The lowest BCUT2D eigenvalue weighted by Gasteiger charge is -2.38. The van der Waals surface area contributed by atoms with Crippen molar-refractivity contribution in [2.45, 2.75) is 43.5 Å².